The topological polar surface area (TPSA) is 37.4 Å². The fourth-order valence-corrected chi connectivity index (χ4v) is 3.57. The monoisotopic (exact) mass is 223 g/mol. The maximum absolute atomic E-state index is 11.2. The Bertz CT molecular complexity index is 251. The second-order valence-electron chi connectivity index (χ2n) is 3.61. The van der Waals surface area contributed by atoms with E-state index < -0.39 is 9.84 Å². The molecular formula is C8H17NO2S2. The molecule has 0 bridgehead atoms. The van der Waals surface area contributed by atoms with Gasteiger partial charge in [-0.1, -0.05) is 0 Å². The Morgan fingerprint density at radius 1 is 1.54 bits per heavy atom. The van der Waals surface area contributed by atoms with Crippen molar-refractivity contribution in [2.45, 2.75) is 18.9 Å². The normalized spacial score (nSPS) is 26.8. The zero-order chi connectivity index (χ0) is 9.90. The Labute approximate surface area is 85.8 Å². The molecule has 3 nitrogen and oxygen atoms in total. The molecule has 0 amide bonds. The molecule has 0 N–H and O–H groups in total. The Morgan fingerprint density at radius 2 is 2.23 bits per heavy atom. The van der Waals surface area contributed by atoms with Crippen LogP contribution in [0.4, 0.5) is 0 Å². The van der Waals surface area contributed by atoms with Crippen LogP contribution < -0.4 is 0 Å². The zero-order valence-electron chi connectivity index (χ0n) is 7.94. The summed E-state index contributed by atoms with van der Waals surface area (Å²) in [6, 6.07) is 0.241. The first kappa shape index (κ1) is 11.3. The van der Waals surface area contributed by atoms with Crippen molar-refractivity contribution in [1.82, 2.24) is 4.90 Å². The summed E-state index contributed by atoms with van der Waals surface area (Å²) in [6.07, 6.45) is 1.82. The number of hydrogen-bond donors (Lipinski definition) is 1. The van der Waals surface area contributed by atoms with E-state index in [4.69, 9.17) is 0 Å². The van der Waals surface area contributed by atoms with Crippen LogP contribution in [0.2, 0.25) is 0 Å². The molecule has 0 aromatic rings. The van der Waals surface area contributed by atoms with Gasteiger partial charge in [-0.05, 0) is 32.2 Å². The highest BCUT2D eigenvalue weighted by Crippen LogP contribution is 2.16. The molecule has 0 saturated carbocycles. The van der Waals surface area contributed by atoms with E-state index in [2.05, 4.69) is 17.5 Å². The Hall–Kier alpha value is 0.260. The van der Waals surface area contributed by atoms with Crippen molar-refractivity contribution in [3.8, 4) is 0 Å². The molecule has 0 aromatic carbocycles. The lowest BCUT2D eigenvalue weighted by Crippen LogP contribution is -2.33. The van der Waals surface area contributed by atoms with Crippen molar-refractivity contribution < 1.29 is 8.42 Å². The van der Waals surface area contributed by atoms with Gasteiger partial charge < -0.3 is 4.90 Å². The molecule has 0 aliphatic carbocycles. The Balaban J connectivity index is 2.37. The van der Waals surface area contributed by atoms with Crippen molar-refractivity contribution in [1.29, 1.82) is 0 Å². The molecule has 13 heavy (non-hydrogen) atoms. The van der Waals surface area contributed by atoms with Gasteiger partial charge in [-0.25, -0.2) is 8.42 Å². The molecule has 78 valence electrons. The van der Waals surface area contributed by atoms with Crippen LogP contribution in [-0.2, 0) is 9.84 Å². The highest BCUT2D eigenvalue weighted by molar-refractivity contribution is 7.91. The van der Waals surface area contributed by atoms with Crippen molar-refractivity contribution in [2.24, 2.45) is 0 Å². The van der Waals surface area contributed by atoms with E-state index in [9.17, 15) is 8.42 Å². The quantitative estimate of drug-likeness (QED) is 0.702. The predicted octanol–water partition coefficient (Wildman–Crippen LogP) is 0.425. The van der Waals surface area contributed by atoms with E-state index in [1.807, 2.05) is 7.05 Å². The number of sulfone groups is 1. The van der Waals surface area contributed by atoms with E-state index in [1.165, 1.54) is 0 Å². The van der Waals surface area contributed by atoms with Gasteiger partial charge in [0.05, 0.1) is 11.5 Å². The molecule has 0 spiro atoms. The van der Waals surface area contributed by atoms with Crippen molar-refractivity contribution in [3.05, 3.63) is 0 Å². The first-order valence-electron chi connectivity index (χ1n) is 4.57. The maximum Gasteiger partial charge on any atom is 0.151 e. The van der Waals surface area contributed by atoms with E-state index >= 15 is 0 Å². The SMILES string of the molecule is CN(CCCS)C1CCS(=O)(=O)C1. The molecule has 0 radical (unpaired) electrons. The highest BCUT2D eigenvalue weighted by Gasteiger charge is 2.29. The highest BCUT2D eigenvalue weighted by atomic mass is 32.2. The molecule has 1 aliphatic heterocycles. The average molecular weight is 223 g/mol. The number of thiol groups is 1. The largest absolute Gasteiger partial charge is 0.302 e. The fourth-order valence-electron chi connectivity index (χ4n) is 1.63. The summed E-state index contributed by atoms with van der Waals surface area (Å²) in [5.74, 6) is 1.57. The first-order chi connectivity index (χ1) is 6.05. The number of nitrogens with zero attached hydrogens (tertiary/aromatic N) is 1. The van der Waals surface area contributed by atoms with Gasteiger partial charge in [0.2, 0.25) is 0 Å². The van der Waals surface area contributed by atoms with Crippen LogP contribution in [0, 0.1) is 0 Å². The van der Waals surface area contributed by atoms with Gasteiger partial charge >= 0.3 is 0 Å². The van der Waals surface area contributed by atoms with Gasteiger partial charge in [0, 0.05) is 6.04 Å². The summed E-state index contributed by atoms with van der Waals surface area (Å²) >= 11 is 4.13. The lowest BCUT2D eigenvalue weighted by atomic mass is 10.2. The van der Waals surface area contributed by atoms with Crippen LogP contribution in [0.5, 0.6) is 0 Å². The molecule has 1 unspecified atom stereocenters. The second kappa shape index (κ2) is 4.66. The number of rotatable bonds is 4. The van der Waals surface area contributed by atoms with Gasteiger partial charge in [0.25, 0.3) is 0 Å². The molecule has 0 aromatic heterocycles. The summed E-state index contributed by atoms with van der Waals surface area (Å²) in [7, 11) is -0.731. The Morgan fingerprint density at radius 3 is 2.69 bits per heavy atom. The van der Waals surface area contributed by atoms with Crippen LogP contribution in [0.1, 0.15) is 12.8 Å². The predicted molar refractivity (Wildman–Crippen MR) is 58.2 cm³/mol. The van der Waals surface area contributed by atoms with E-state index in [0.717, 1.165) is 25.1 Å². The Kier molecular flexibility index (Phi) is 4.06. The van der Waals surface area contributed by atoms with Gasteiger partial charge in [0.15, 0.2) is 9.84 Å². The number of hydrogen-bond acceptors (Lipinski definition) is 4. The fraction of sp³-hybridized carbons (Fsp3) is 1.00. The molecular weight excluding hydrogens is 206 g/mol. The summed E-state index contributed by atoms with van der Waals surface area (Å²) in [5, 5.41) is 0. The van der Waals surface area contributed by atoms with Gasteiger partial charge in [-0.15, -0.1) is 0 Å². The summed E-state index contributed by atoms with van der Waals surface area (Å²) in [4.78, 5) is 2.14. The molecule has 1 fully saturated rings. The third-order valence-electron chi connectivity index (χ3n) is 2.50. The van der Waals surface area contributed by atoms with E-state index in [0.29, 0.717) is 11.5 Å². The van der Waals surface area contributed by atoms with Crippen LogP contribution in [0.3, 0.4) is 0 Å². The van der Waals surface area contributed by atoms with Crippen molar-refractivity contribution >= 4 is 22.5 Å². The van der Waals surface area contributed by atoms with Crippen LogP contribution >= 0.6 is 12.6 Å². The van der Waals surface area contributed by atoms with Crippen LogP contribution in [0.25, 0.3) is 0 Å². The summed E-state index contributed by atoms with van der Waals surface area (Å²) in [6.45, 7) is 0.948. The minimum absolute atomic E-state index is 0.241. The maximum atomic E-state index is 11.2. The van der Waals surface area contributed by atoms with Crippen LogP contribution in [-0.4, -0.2) is 50.2 Å². The van der Waals surface area contributed by atoms with Gasteiger partial charge in [0.1, 0.15) is 0 Å². The minimum Gasteiger partial charge on any atom is -0.302 e. The van der Waals surface area contributed by atoms with Crippen molar-refractivity contribution in [3.63, 3.8) is 0 Å². The lowest BCUT2D eigenvalue weighted by Gasteiger charge is -2.22. The third kappa shape index (κ3) is 3.48. The first-order valence-corrected chi connectivity index (χ1v) is 7.02. The van der Waals surface area contributed by atoms with Gasteiger partial charge in [-0.3, -0.25) is 0 Å². The van der Waals surface area contributed by atoms with Gasteiger partial charge in [-0.2, -0.15) is 12.6 Å². The van der Waals surface area contributed by atoms with Crippen LogP contribution in [0.15, 0.2) is 0 Å². The summed E-state index contributed by atoms with van der Waals surface area (Å²) in [5.41, 5.74) is 0. The van der Waals surface area contributed by atoms with E-state index in [-0.39, 0.29) is 6.04 Å². The third-order valence-corrected chi connectivity index (χ3v) is 4.57. The molecule has 1 saturated heterocycles. The lowest BCUT2D eigenvalue weighted by molar-refractivity contribution is 0.263. The van der Waals surface area contributed by atoms with Crippen molar-refractivity contribution in [2.75, 3.05) is 30.9 Å². The van der Waals surface area contributed by atoms with E-state index in [1.54, 1.807) is 0 Å². The smallest absolute Gasteiger partial charge is 0.151 e. The minimum atomic E-state index is -2.73. The summed E-state index contributed by atoms with van der Waals surface area (Å²) < 4.78 is 22.4. The second-order valence-corrected chi connectivity index (χ2v) is 6.29. The zero-order valence-corrected chi connectivity index (χ0v) is 9.65. The molecule has 5 heteroatoms. The molecule has 1 rings (SSSR count). The molecule has 1 heterocycles. The standard InChI is InChI=1S/C8H17NO2S2/c1-9(4-2-5-12)8-3-6-13(10,11)7-8/h8,12H,2-7H2,1H3. The molecule has 1 atom stereocenters. The average Bonchev–Trinajstić information content (AvgIpc) is 2.42. The molecule has 1 aliphatic rings.